The number of hydrogen-bond acceptors (Lipinski definition) is 1. The standard InChI is InChI=1S/C5H11N.ClH/c1-3-5(2)4-6;/h4H,3,6H2,1-2H3;1H/b5-4+;. The zero-order chi connectivity index (χ0) is 4.99. The second-order valence-electron chi connectivity index (χ2n) is 1.37. The smallest absolute Gasteiger partial charge is 0.00734 e. The van der Waals surface area contributed by atoms with Crippen molar-refractivity contribution >= 4 is 12.4 Å². The molecule has 0 aliphatic heterocycles. The van der Waals surface area contributed by atoms with Crippen molar-refractivity contribution in [1.82, 2.24) is 0 Å². The Labute approximate surface area is 51.0 Å². The predicted molar refractivity (Wildman–Crippen MR) is 35.5 cm³/mol. The summed E-state index contributed by atoms with van der Waals surface area (Å²) >= 11 is 0. The number of hydrogen-bond donors (Lipinski definition) is 1. The van der Waals surface area contributed by atoms with Gasteiger partial charge in [0.15, 0.2) is 0 Å². The fourth-order valence-corrected chi connectivity index (χ4v) is 0.118. The molecule has 0 heterocycles. The van der Waals surface area contributed by atoms with E-state index >= 15 is 0 Å². The van der Waals surface area contributed by atoms with Gasteiger partial charge in [0.1, 0.15) is 0 Å². The van der Waals surface area contributed by atoms with Crippen LogP contribution in [0.25, 0.3) is 0 Å². The van der Waals surface area contributed by atoms with Gasteiger partial charge in [-0.05, 0) is 19.5 Å². The van der Waals surface area contributed by atoms with Gasteiger partial charge < -0.3 is 5.73 Å². The molecule has 0 bridgehead atoms. The van der Waals surface area contributed by atoms with Gasteiger partial charge in [0.25, 0.3) is 0 Å². The molecule has 0 aromatic rings. The van der Waals surface area contributed by atoms with E-state index in [9.17, 15) is 0 Å². The summed E-state index contributed by atoms with van der Waals surface area (Å²) in [5.41, 5.74) is 6.37. The second kappa shape index (κ2) is 5.83. The largest absolute Gasteiger partial charge is 0.405 e. The summed E-state index contributed by atoms with van der Waals surface area (Å²) in [6.45, 7) is 4.10. The first kappa shape index (κ1) is 9.95. The molecule has 0 rings (SSSR count). The normalized spacial score (nSPS) is 10.3. The maximum absolute atomic E-state index is 5.12. The van der Waals surface area contributed by atoms with E-state index in [0.717, 1.165) is 6.42 Å². The third-order valence-electron chi connectivity index (χ3n) is 0.842. The highest BCUT2D eigenvalue weighted by molar-refractivity contribution is 5.85. The van der Waals surface area contributed by atoms with E-state index in [0.29, 0.717) is 0 Å². The van der Waals surface area contributed by atoms with Gasteiger partial charge in [-0.15, -0.1) is 12.4 Å². The number of nitrogens with two attached hydrogens (primary N) is 1. The van der Waals surface area contributed by atoms with E-state index in [1.165, 1.54) is 5.57 Å². The Balaban J connectivity index is 0. The lowest BCUT2D eigenvalue weighted by Gasteiger charge is -1.85. The fraction of sp³-hybridized carbons (Fsp3) is 0.600. The zero-order valence-corrected chi connectivity index (χ0v) is 5.59. The van der Waals surface area contributed by atoms with Crippen LogP contribution in [0.5, 0.6) is 0 Å². The summed E-state index contributed by atoms with van der Waals surface area (Å²) in [6, 6.07) is 0. The predicted octanol–water partition coefficient (Wildman–Crippen LogP) is 1.68. The lowest BCUT2D eigenvalue weighted by atomic mass is 10.3. The molecule has 0 aliphatic rings. The maximum atomic E-state index is 5.12. The topological polar surface area (TPSA) is 26.0 Å². The summed E-state index contributed by atoms with van der Waals surface area (Å²) in [5.74, 6) is 0. The molecule has 0 aliphatic carbocycles. The minimum Gasteiger partial charge on any atom is -0.405 e. The van der Waals surface area contributed by atoms with E-state index in [4.69, 9.17) is 5.73 Å². The van der Waals surface area contributed by atoms with E-state index in [1.807, 2.05) is 6.92 Å². The molecule has 2 N–H and O–H groups in total. The Hall–Kier alpha value is -0.170. The highest BCUT2D eigenvalue weighted by atomic mass is 35.5. The van der Waals surface area contributed by atoms with Crippen molar-refractivity contribution in [3.05, 3.63) is 11.8 Å². The van der Waals surface area contributed by atoms with Crippen LogP contribution in [0, 0.1) is 0 Å². The number of rotatable bonds is 1. The van der Waals surface area contributed by atoms with Crippen molar-refractivity contribution in [3.63, 3.8) is 0 Å². The molecular formula is C5H12ClN. The molecule has 0 amide bonds. The van der Waals surface area contributed by atoms with Gasteiger partial charge in [-0.3, -0.25) is 0 Å². The molecule has 0 unspecified atom stereocenters. The lowest BCUT2D eigenvalue weighted by molar-refractivity contribution is 1.09. The fourth-order valence-electron chi connectivity index (χ4n) is 0.118. The highest BCUT2D eigenvalue weighted by Gasteiger charge is 1.73. The van der Waals surface area contributed by atoms with Crippen LogP contribution in [0.15, 0.2) is 11.8 Å². The van der Waals surface area contributed by atoms with E-state index in [-0.39, 0.29) is 12.4 Å². The first-order chi connectivity index (χ1) is 2.81. The Kier molecular flexibility index (Phi) is 8.29. The van der Waals surface area contributed by atoms with Crippen LogP contribution in [0.2, 0.25) is 0 Å². The highest BCUT2D eigenvalue weighted by Crippen LogP contribution is 1.91. The summed E-state index contributed by atoms with van der Waals surface area (Å²) < 4.78 is 0. The average molecular weight is 122 g/mol. The molecule has 0 aromatic carbocycles. The van der Waals surface area contributed by atoms with Gasteiger partial charge in [0.2, 0.25) is 0 Å². The third kappa shape index (κ3) is 5.83. The quantitative estimate of drug-likeness (QED) is 0.561. The zero-order valence-electron chi connectivity index (χ0n) is 4.77. The molecule has 0 fully saturated rings. The molecular weight excluding hydrogens is 110 g/mol. The molecule has 1 nitrogen and oxygen atoms in total. The van der Waals surface area contributed by atoms with Gasteiger partial charge in [-0.2, -0.15) is 0 Å². The first-order valence-electron chi connectivity index (χ1n) is 2.18. The maximum Gasteiger partial charge on any atom is -0.00734 e. The average Bonchev–Trinajstić information content (AvgIpc) is 1.65. The molecule has 0 aromatic heterocycles. The second-order valence-corrected chi connectivity index (χ2v) is 1.37. The molecule has 0 saturated carbocycles. The number of allylic oxidation sites excluding steroid dienone is 1. The summed E-state index contributed by atoms with van der Waals surface area (Å²) in [6.07, 6.45) is 2.70. The summed E-state index contributed by atoms with van der Waals surface area (Å²) in [5, 5.41) is 0. The Morgan fingerprint density at radius 2 is 2.14 bits per heavy atom. The van der Waals surface area contributed by atoms with Gasteiger partial charge in [0, 0.05) is 0 Å². The van der Waals surface area contributed by atoms with E-state index in [2.05, 4.69) is 6.92 Å². The third-order valence-corrected chi connectivity index (χ3v) is 0.842. The van der Waals surface area contributed by atoms with Crippen molar-refractivity contribution < 1.29 is 0 Å². The van der Waals surface area contributed by atoms with Crippen molar-refractivity contribution in [2.45, 2.75) is 20.3 Å². The van der Waals surface area contributed by atoms with Crippen molar-refractivity contribution in [3.8, 4) is 0 Å². The molecule has 7 heavy (non-hydrogen) atoms. The summed E-state index contributed by atoms with van der Waals surface area (Å²) in [4.78, 5) is 0. The van der Waals surface area contributed by atoms with Crippen LogP contribution in [0.3, 0.4) is 0 Å². The summed E-state index contributed by atoms with van der Waals surface area (Å²) in [7, 11) is 0. The van der Waals surface area contributed by atoms with Gasteiger partial charge in [-0.25, -0.2) is 0 Å². The first-order valence-corrected chi connectivity index (χ1v) is 2.18. The van der Waals surface area contributed by atoms with Crippen LogP contribution in [-0.2, 0) is 0 Å². The van der Waals surface area contributed by atoms with Crippen LogP contribution < -0.4 is 5.73 Å². The van der Waals surface area contributed by atoms with Crippen LogP contribution >= 0.6 is 12.4 Å². The monoisotopic (exact) mass is 121 g/mol. The van der Waals surface area contributed by atoms with Crippen LogP contribution in [0.1, 0.15) is 20.3 Å². The molecule has 0 spiro atoms. The van der Waals surface area contributed by atoms with E-state index < -0.39 is 0 Å². The molecule has 0 atom stereocenters. The Morgan fingerprint density at radius 1 is 1.71 bits per heavy atom. The van der Waals surface area contributed by atoms with Gasteiger partial charge >= 0.3 is 0 Å². The minimum atomic E-state index is 0. The molecule has 0 radical (unpaired) electrons. The molecule has 44 valence electrons. The number of halogens is 1. The van der Waals surface area contributed by atoms with Gasteiger partial charge in [0.05, 0.1) is 0 Å². The van der Waals surface area contributed by atoms with Crippen LogP contribution in [0.4, 0.5) is 0 Å². The SMILES string of the molecule is CC/C(C)=C/N.Cl. The van der Waals surface area contributed by atoms with Crippen molar-refractivity contribution in [2.75, 3.05) is 0 Å². The van der Waals surface area contributed by atoms with Gasteiger partial charge in [-0.1, -0.05) is 12.5 Å². The Bertz CT molecular complexity index is 59.1. The minimum absolute atomic E-state index is 0. The molecule has 0 saturated heterocycles. The lowest BCUT2D eigenvalue weighted by Crippen LogP contribution is -1.80. The van der Waals surface area contributed by atoms with E-state index in [1.54, 1.807) is 6.20 Å². The van der Waals surface area contributed by atoms with Crippen molar-refractivity contribution in [2.24, 2.45) is 5.73 Å². The van der Waals surface area contributed by atoms with Crippen molar-refractivity contribution in [1.29, 1.82) is 0 Å². The molecule has 2 heteroatoms. The Morgan fingerprint density at radius 3 is 2.14 bits per heavy atom. The van der Waals surface area contributed by atoms with Crippen LogP contribution in [-0.4, -0.2) is 0 Å².